The van der Waals surface area contributed by atoms with Gasteiger partial charge in [-0.3, -0.25) is 9.20 Å². The lowest BCUT2D eigenvalue weighted by molar-refractivity contribution is 0.265. The molecule has 0 aliphatic carbocycles. The molecule has 0 saturated heterocycles. The van der Waals surface area contributed by atoms with Gasteiger partial charge in [0.05, 0.1) is 12.6 Å². The van der Waals surface area contributed by atoms with E-state index < -0.39 is 10.8 Å². The average Bonchev–Trinajstić information content (AvgIpc) is 2.46. The maximum atomic E-state index is 11.2. The van der Waals surface area contributed by atoms with Crippen molar-refractivity contribution in [3.8, 4) is 5.75 Å². The van der Waals surface area contributed by atoms with Crippen LogP contribution in [0.4, 0.5) is 0 Å². The molecule has 1 aromatic carbocycles. The van der Waals surface area contributed by atoms with E-state index >= 15 is 0 Å². The predicted molar refractivity (Wildman–Crippen MR) is 108 cm³/mol. The number of nitrogens with zero attached hydrogens (tertiary/aromatic N) is 1. The fraction of sp³-hybridized carbons (Fsp3) is 0.650. The zero-order chi connectivity index (χ0) is 19.4. The van der Waals surface area contributed by atoms with Gasteiger partial charge in [-0.15, -0.1) is 0 Å². The molecule has 1 rings (SSSR count). The van der Waals surface area contributed by atoms with Gasteiger partial charge in [0.25, 0.3) is 0 Å². The summed E-state index contributed by atoms with van der Waals surface area (Å²) < 4.78 is 11.2. The maximum Gasteiger partial charge on any atom is 0.128 e. The molecule has 25 heavy (non-hydrogen) atoms. The van der Waals surface area contributed by atoms with Crippen LogP contribution < -0.4 is 0 Å². The van der Waals surface area contributed by atoms with Crippen molar-refractivity contribution in [1.82, 2.24) is 0 Å². The van der Waals surface area contributed by atoms with Crippen LogP contribution in [0.2, 0.25) is 0 Å². The first-order chi connectivity index (χ1) is 11.4. The monoisotopic (exact) mass is 367 g/mol. The summed E-state index contributed by atoms with van der Waals surface area (Å²) in [7, 11) is -0.905. The first-order valence-electron chi connectivity index (χ1n) is 8.68. The van der Waals surface area contributed by atoms with Crippen LogP contribution in [-0.4, -0.2) is 45.3 Å². The minimum atomic E-state index is -0.905. The van der Waals surface area contributed by atoms with Gasteiger partial charge < -0.3 is 10.2 Å². The average molecular weight is 368 g/mol. The highest BCUT2D eigenvalue weighted by Gasteiger charge is 2.24. The van der Waals surface area contributed by atoms with Crippen LogP contribution in [0.1, 0.15) is 64.7 Å². The molecule has 5 heteroatoms. The molecule has 1 unspecified atom stereocenters. The highest BCUT2D eigenvalue weighted by molar-refractivity contribution is 7.84. The Bertz CT molecular complexity index is 640. The van der Waals surface area contributed by atoms with E-state index in [1.807, 2.05) is 6.07 Å². The fourth-order valence-electron chi connectivity index (χ4n) is 2.46. The number of hydrogen-bond acceptors (Lipinski definition) is 4. The molecule has 0 saturated carbocycles. The summed E-state index contributed by atoms with van der Waals surface area (Å²) in [6.07, 6.45) is 3.84. The smallest absolute Gasteiger partial charge is 0.128 e. The predicted octanol–water partition coefficient (Wildman–Crippen LogP) is 3.54. The lowest BCUT2D eigenvalue weighted by Crippen LogP contribution is -2.18. The number of rotatable bonds is 6. The summed E-state index contributed by atoms with van der Waals surface area (Å²) in [5, 5.41) is 20.2. The summed E-state index contributed by atoms with van der Waals surface area (Å²) in [5.74, 6) is 0.740. The van der Waals surface area contributed by atoms with Gasteiger partial charge in [-0.2, -0.15) is 0 Å². The largest absolute Gasteiger partial charge is 0.507 e. The van der Waals surface area contributed by atoms with E-state index in [1.165, 1.54) is 0 Å². The Hall–Kier alpha value is -1.20. The van der Waals surface area contributed by atoms with E-state index in [0.29, 0.717) is 17.7 Å². The van der Waals surface area contributed by atoms with Gasteiger partial charge >= 0.3 is 0 Å². The number of aliphatic hydroxyl groups excluding tert-OH is 1. The summed E-state index contributed by atoms with van der Waals surface area (Å²) in [6.45, 7) is 12.5. The quantitative estimate of drug-likeness (QED) is 0.756. The Labute approximate surface area is 154 Å². The Morgan fingerprint density at radius 2 is 1.76 bits per heavy atom. The minimum Gasteiger partial charge on any atom is -0.507 e. The van der Waals surface area contributed by atoms with Gasteiger partial charge in [-0.05, 0) is 28.9 Å². The standard InChI is InChI=1S/C20H33NO3S/c1-19(2,3)15-10-14(18(23)17(11-15)20(4,5)6)12-21-16(13-22)8-9-25(7)24/h10-12,16,22-23H,8-9,13H2,1-7H3/t16-,25?/m0/s1. The van der Waals surface area contributed by atoms with Crippen LogP contribution in [0.5, 0.6) is 5.75 Å². The van der Waals surface area contributed by atoms with Crippen LogP contribution in [0.25, 0.3) is 0 Å². The van der Waals surface area contributed by atoms with Gasteiger partial charge in [-0.1, -0.05) is 47.6 Å². The molecule has 0 aromatic heterocycles. The zero-order valence-electron chi connectivity index (χ0n) is 16.6. The molecule has 0 radical (unpaired) electrons. The first-order valence-corrected chi connectivity index (χ1v) is 10.4. The number of aromatic hydroxyl groups is 1. The molecule has 0 bridgehead atoms. The minimum absolute atomic E-state index is 0.0498. The Kier molecular flexibility index (Phi) is 7.39. The van der Waals surface area contributed by atoms with Crippen LogP contribution in [0.15, 0.2) is 17.1 Å². The van der Waals surface area contributed by atoms with E-state index in [9.17, 15) is 14.4 Å². The van der Waals surface area contributed by atoms with Crippen molar-refractivity contribution in [3.05, 3.63) is 28.8 Å². The van der Waals surface area contributed by atoms with E-state index in [4.69, 9.17) is 0 Å². The van der Waals surface area contributed by atoms with Crippen molar-refractivity contribution < 1.29 is 14.4 Å². The number of aliphatic hydroxyl groups is 1. The fourth-order valence-corrected chi connectivity index (χ4v) is 3.06. The molecule has 4 nitrogen and oxygen atoms in total. The third-order valence-electron chi connectivity index (χ3n) is 4.19. The van der Waals surface area contributed by atoms with Gasteiger partial charge in [0, 0.05) is 40.1 Å². The molecule has 2 N–H and O–H groups in total. The van der Waals surface area contributed by atoms with Gasteiger partial charge in [0.15, 0.2) is 0 Å². The second-order valence-corrected chi connectivity index (χ2v) is 10.2. The molecule has 1 aromatic rings. The summed E-state index contributed by atoms with van der Waals surface area (Å²) >= 11 is 0. The van der Waals surface area contributed by atoms with E-state index in [1.54, 1.807) is 12.5 Å². The van der Waals surface area contributed by atoms with Crippen LogP contribution >= 0.6 is 0 Å². The van der Waals surface area contributed by atoms with Gasteiger partial charge in [0.2, 0.25) is 0 Å². The number of phenols is 1. The molecule has 0 amide bonds. The maximum absolute atomic E-state index is 11.2. The molecule has 0 fully saturated rings. The molecule has 0 aliphatic heterocycles. The Balaban J connectivity index is 3.29. The molecule has 142 valence electrons. The number of aliphatic imine (C=N–C) groups is 1. The van der Waals surface area contributed by atoms with Crippen molar-refractivity contribution in [2.45, 2.75) is 64.8 Å². The van der Waals surface area contributed by atoms with Crippen molar-refractivity contribution in [3.63, 3.8) is 0 Å². The van der Waals surface area contributed by atoms with E-state index in [2.05, 4.69) is 52.6 Å². The first kappa shape index (κ1) is 21.8. The molecule has 0 spiro atoms. The lowest BCUT2D eigenvalue weighted by Gasteiger charge is -2.27. The second kappa shape index (κ2) is 8.45. The number of benzene rings is 1. The third-order valence-corrected chi connectivity index (χ3v) is 5.00. The van der Waals surface area contributed by atoms with Crippen LogP contribution in [0.3, 0.4) is 0 Å². The van der Waals surface area contributed by atoms with Crippen molar-refractivity contribution in [2.24, 2.45) is 4.99 Å². The SMILES string of the molecule is CS(=O)CC[C@@H](CO)N=Cc1cc(C(C)(C)C)cc(C(C)(C)C)c1O. The number of hydrogen-bond donors (Lipinski definition) is 2. The molecule has 2 atom stereocenters. The summed E-state index contributed by atoms with van der Waals surface area (Å²) in [5.41, 5.74) is 2.44. The molecule has 0 heterocycles. The van der Waals surface area contributed by atoms with Crippen LogP contribution in [0, 0.1) is 0 Å². The third kappa shape index (κ3) is 6.55. The topological polar surface area (TPSA) is 69.9 Å². The highest BCUT2D eigenvalue weighted by Crippen LogP contribution is 2.37. The summed E-state index contributed by atoms with van der Waals surface area (Å²) in [6, 6.07) is 3.72. The van der Waals surface area contributed by atoms with Crippen LogP contribution in [-0.2, 0) is 21.6 Å². The van der Waals surface area contributed by atoms with Gasteiger partial charge in [0.1, 0.15) is 5.75 Å². The highest BCUT2D eigenvalue weighted by atomic mass is 32.2. The summed E-state index contributed by atoms with van der Waals surface area (Å²) in [4.78, 5) is 4.42. The van der Waals surface area contributed by atoms with Crippen molar-refractivity contribution in [1.29, 1.82) is 0 Å². The van der Waals surface area contributed by atoms with Crippen molar-refractivity contribution >= 4 is 17.0 Å². The number of phenolic OH excluding ortho intramolecular Hbond substituents is 1. The Morgan fingerprint density at radius 1 is 1.16 bits per heavy atom. The molecular formula is C20H33NO3S. The van der Waals surface area contributed by atoms with E-state index in [-0.39, 0.29) is 29.2 Å². The normalized spacial score (nSPS) is 15.5. The Morgan fingerprint density at radius 3 is 2.20 bits per heavy atom. The lowest BCUT2D eigenvalue weighted by atomic mass is 9.79. The zero-order valence-corrected chi connectivity index (χ0v) is 17.4. The van der Waals surface area contributed by atoms with Gasteiger partial charge in [-0.25, -0.2) is 0 Å². The second-order valence-electron chi connectivity index (χ2n) is 8.64. The molecular weight excluding hydrogens is 334 g/mol. The van der Waals surface area contributed by atoms with Crippen molar-refractivity contribution in [2.75, 3.05) is 18.6 Å². The molecule has 0 aliphatic rings. The van der Waals surface area contributed by atoms with E-state index in [0.717, 1.165) is 11.1 Å².